The van der Waals surface area contributed by atoms with E-state index in [0.717, 1.165) is 5.75 Å². The summed E-state index contributed by atoms with van der Waals surface area (Å²) in [6, 6.07) is 7.14. The van der Waals surface area contributed by atoms with E-state index in [4.69, 9.17) is 9.84 Å². The molecule has 0 aromatic heterocycles. The molecule has 2 rings (SSSR count). The number of aliphatic imine (C=N–C) groups is 1. The highest BCUT2D eigenvalue weighted by atomic mass is 32.2. The van der Waals surface area contributed by atoms with Crippen LogP contribution >= 0.6 is 11.8 Å². The Morgan fingerprint density at radius 2 is 2.10 bits per heavy atom. The van der Waals surface area contributed by atoms with Crippen molar-refractivity contribution >= 4 is 34.5 Å². The summed E-state index contributed by atoms with van der Waals surface area (Å²) in [6.45, 7) is 2.31. The van der Waals surface area contributed by atoms with Crippen molar-refractivity contribution in [2.75, 3.05) is 13.7 Å². The Morgan fingerprint density at radius 3 is 2.62 bits per heavy atom. The molecular weight excluding hydrogens is 292 g/mol. The zero-order valence-corrected chi connectivity index (χ0v) is 12.6. The highest BCUT2D eigenvalue weighted by Gasteiger charge is 2.38. The minimum absolute atomic E-state index is 0.193. The first kappa shape index (κ1) is 15.4. The van der Waals surface area contributed by atoms with Crippen molar-refractivity contribution in [3.63, 3.8) is 0 Å². The molecule has 1 amide bonds. The number of rotatable bonds is 5. The second-order valence-electron chi connectivity index (χ2n) is 4.38. The van der Waals surface area contributed by atoms with Crippen molar-refractivity contribution < 1.29 is 19.4 Å². The van der Waals surface area contributed by atoms with Crippen LogP contribution in [-0.4, -0.2) is 46.0 Å². The summed E-state index contributed by atoms with van der Waals surface area (Å²) in [5.74, 6) is -0.454. The number of benzene rings is 1. The fourth-order valence-electron chi connectivity index (χ4n) is 1.94. The maximum absolute atomic E-state index is 12.1. The van der Waals surface area contributed by atoms with Crippen LogP contribution < -0.4 is 4.74 Å². The van der Waals surface area contributed by atoms with E-state index in [2.05, 4.69) is 4.99 Å². The number of ether oxygens (including phenoxy) is 1. The first-order chi connectivity index (χ1) is 10.0. The predicted molar refractivity (Wildman–Crippen MR) is 81.1 cm³/mol. The highest BCUT2D eigenvalue weighted by molar-refractivity contribution is 8.15. The van der Waals surface area contributed by atoms with E-state index in [-0.39, 0.29) is 12.3 Å². The Kier molecular flexibility index (Phi) is 4.85. The van der Waals surface area contributed by atoms with Gasteiger partial charge in [-0.1, -0.05) is 11.8 Å². The fourth-order valence-corrected chi connectivity index (χ4v) is 3.15. The Hall–Kier alpha value is -2.02. The van der Waals surface area contributed by atoms with Gasteiger partial charge in [0.2, 0.25) is 5.91 Å². The number of nitrogens with zero attached hydrogens (tertiary/aromatic N) is 2. The minimum atomic E-state index is -0.984. The van der Waals surface area contributed by atoms with Crippen LogP contribution in [0.25, 0.3) is 0 Å². The van der Waals surface area contributed by atoms with Gasteiger partial charge in [-0.05, 0) is 31.2 Å². The van der Waals surface area contributed by atoms with E-state index in [0.29, 0.717) is 17.4 Å². The van der Waals surface area contributed by atoms with Crippen LogP contribution in [0.4, 0.5) is 5.69 Å². The molecule has 112 valence electrons. The fraction of sp³-hybridized carbons (Fsp3) is 0.357. The molecule has 0 aliphatic carbocycles. The third kappa shape index (κ3) is 3.55. The van der Waals surface area contributed by atoms with Crippen molar-refractivity contribution in [1.82, 2.24) is 4.90 Å². The third-order valence-corrected chi connectivity index (χ3v) is 4.17. The molecular formula is C14H16N2O4S. The minimum Gasteiger partial charge on any atom is -0.497 e. The van der Waals surface area contributed by atoms with Gasteiger partial charge in [0, 0.05) is 6.54 Å². The van der Waals surface area contributed by atoms with Gasteiger partial charge < -0.3 is 9.84 Å². The van der Waals surface area contributed by atoms with E-state index in [1.807, 2.05) is 6.92 Å². The summed E-state index contributed by atoms with van der Waals surface area (Å²) in [6.07, 6.45) is -0.193. The van der Waals surface area contributed by atoms with Crippen molar-refractivity contribution in [1.29, 1.82) is 0 Å². The molecule has 1 N–H and O–H groups in total. The molecule has 6 nitrogen and oxygen atoms in total. The molecule has 1 unspecified atom stereocenters. The van der Waals surface area contributed by atoms with Crippen LogP contribution in [0.3, 0.4) is 0 Å². The number of carbonyl (C=O) groups is 2. The van der Waals surface area contributed by atoms with Crippen LogP contribution in [0, 0.1) is 0 Å². The summed E-state index contributed by atoms with van der Waals surface area (Å²) < 4.78 is 5.08. The van der Waals surface area contributed by atoms with Gasteiger partial charge >= 0.3 is 5.97 Å². The molecule has 1 atom stereocenters. The number of hydrogen-bond donors (Lipinski definition) is 1. The molecule has 1 aliphatic heterocycles. The van der Waals surface area contributed by atoms with Gasteiger partial charge in [-0.15, -0.1) is 0 Å². The Morgan fingerprint density at radius 1 is 1.43 bits per heavy atom. The number of carbonyl (C=O) groups excluding carboxylic acids is 1. The average molecular weight is 308 g/mol. The quantitative estimate of drug-likeness (QED) is 0.901. The van der Waals surface area contributed by atoms with Gasteiger partial charge in [0.15, 0.2) is 5.17 Å². The molecule has 0 saturated carbocycles. The summed E-state index contributed by atoms with van der Waals surface area (Å²) in [5, 5.41) is 8.79. The smallest absolute Gasteiger partial charge is 0.305 e. The number of thioether (sulfide) groups is 1. The van der Waals surface area contributed by atoms with Crippen molar-refractivity contribution in [2.24, 2.45) is 4.99 Å². The second-order valence-corrected chi connectivity index (χ2v) is 5.55. The van der Waals surface area contributed by atoms with Crippen LogP contribution in [0.2, 0.25) is 0 Å². The molecule has 7 heteroatoms. The lowest BCUT2D eigenvalue weighted by molar-refractivity contribution is -0.139. The largest absolute Gasteiger partial charge is 0.497 e. The van der Waals surface area contributed by atoms with E-state index >= 15 is 0 Å². The van der Waals surface area contributed by atoms with Gasteiger partial charge in [-0.2, -0.15) is 0 Å². The highest BCUT2D eigenvalue weighted by Crippen LogP contribution is 2.31. The van der Waals surface area contributed by atoms with Crippen LogP contribution in [0.5, 0.6) is 5.75 Å². The number of aliphatic carboxylic acids is 1. The predicted octanol–water partition coefficient (Wildman–Crippen LogP) is 2.12. The van der Waals surface area contributed by atoms with Gasteiger partial charge in [0.25, 0.3) is 0 Å². The molecule has 21 heavy (non-hydrogen) atoms. The number of hydrogen-bond acceptors (Lipinski definition) is 5. The Balaban J connectivity index is 2.22. The molecule has 1 heterocycles. The molecule has 0 spiro atoms. The average Bonchev–Trinajstić information content (AvgIpc) is 2.74. The van der Waals surface area contributed by atoms with Crippen LogP contribution in [0.15, 0.2) is 29.3 Å². The summed E-state index contributed by atoms with van der Waals surface area (Å²) in [4.78, 5) is 28.9. The van der Waals surface area contributed by atoms with E-state index in [9.17, 15) is 9.59 Å². The Bertz CT molecular complexity index is 571. The molecule has 1 aromatic carbocycles. The van der Waals surface area contributed by atoms with Gasteiger partial charge in [0.1, 0.15) is 11.0 Å². The number of methoxy groups -OCH3 is 1. The standard InChI is InChI=1S/C14H16N2O4S/c1-3-16-13(19)11(8-12(17)18)21-14(16)15-9-4-6-10(20-2)7-5-9/h4-7,11H,3,8H2,1-2H3,(H,17,18). The van der Waals surface area contributed by atoms with Crippen molar-refractivity contribution in [2.45, 2.75) is 18.6 Å². The van der Waals surface area contributed by atoms with E-state index in [1.54, 1.807) is 31.4 Å². The lowest BCUT2D eigenvalue weighted by Crippen LogP contribution is -2.32. The lowest BCUT2D eigenvalue weighted by atomic mass is 10.3. The van der Waals surface area contributed by atoms with Crippen LogP contribution in [-0.2, 0) is 9.59 Å². The summed E-state index contributed by atoms with van der Waals surface area (Å²) in [5.41, 5.74) is 0.695. The maximum Gasteiger partial charge on any atom is 0.305 e. The topological polar surface area (TPSA) is 79.2 Å². The summed E-state index contributed by atoms with van der Waals surface area (Å²) >= 11 is 1.20. The van der Waals surface area contributed by atoms with Crippen molar-refractivity contribution in [3.05, 3.63) is 24.3 Å². The summed E-state index contributed by atoms with van der Waals surface area (Å²) in [7, 11) is 1.59. The zero-order valence-electron chi connectivity index (χ0n) is 11.8. The molecule has 0 bridgehead atoms. The molecule has 0 radical (unpaired) electrons. The molecule has 1 fully saturated rings. The Labute approximate surface area is 126 Å². The van der Waals surface area contributed by atoms with Gasteiger partial charge in [0.05, 0.1) is 19.2 Å². The molecule has 1 aromatic rings. The molecule has 1 saturated heterocycles. The first-order valence-electron chi connectivity index (χ1n) is 6.47. The maximum atomic E-state index is 12.1. The normalized spacial score (nSPS) is 20.1. The van der Waals surface area contributed by atoms with Crippen molar-refractivity contribution in [3.8, 4) is 5.75 Å². The van der Waals surface area contributed by atoms with Gasteiger partial charge in [-0.3, -0.25) is 14.5 Å². The first-order valence-corrected chi connectivity index (χ1v) is 7.35. The second kappa shape index (κ2) is 6.62. The monoisotopic (exact) mass is 308 g/mol. The SMILES string of the molecule is CCN1C(=O)C(CC(=O)O)SC1=Nc1ccc(OC)cc1. The van der Waals surface area contributed by atoms with Crippen LogP contribution in [0.1, 0.15) is 13.3 Å². The third-order valence-electron chi connectivity index (χ3n) is 2.99. The number of amidine groups is 1. The van der Waals surface area contributed by atoms with Gasteiger partial charge in [-0.25, -0.2) is 4.99 Å². The lowest BCUT2D eigenvalue weighted by Gasteiger charge is -2.13. The van der Waals surface area contributed by atoms with E-state index < -0.39 is 11.2 Å². The molecule has 1 aliphatic rings. The number of carboxylic acids is 1. The number of carboxylic acid groups (broad SMARTS) is 1. The zero-order chi connectivity index (χ0) is 15.4. The number of amides is 1. The van der Waals surface area contributed by atoms with E-state index in [1.165, 1.54) is 16.7 Å².